The Hall–Kier alpha value is -2.00. The van der Waals surface area contributed by atoms with Crippen molar-refractivity contribution in [2.45, 2.75) is 6.92 Å². The Labute approximate surface area is 110 Å². The van der Waals surface area contributed by atoms with E-state index in [0.29, 0.717) is 5.57 Å². The standard InChI is InChI=1S/C14H11ClN2O/c1-10(9-11-5-3-2-4-6-11)13(18)12-14(15)17-8-7-16-12/h2-9H,1H3/b10-9+. The van der Waals surface area contributed by atoms with E-state index in [4.69, 9.17) is 11.6 Å². The van der Waals surface area contributed by atoms with Crippen LogP contribution in [0.15, 0.2) is 48.3 Å². The van der Waals surface area contributed by atoms with Crippen LogP contribution in [0.1, 0.15) is 23.0 Å². The molecule has 0 aliphatic heterocycles. The van der Waals surface area contributed by atoms with Crippen molar-refractivity contribution in [3.8, 4) is 0 Å². The van der Waals surface area contributed by atoms with Gasteiger partial charge >= 0.3 is 0 Å². The van der Waals surface area contributed by atoms with Gasteiger partial charge < -0.3 is 0 Å². The van der Waals surface area contributed by atoms with Crippen LogP contribution in [0.3, 0.4) is 0 Å². The first-order chi connectivity index (χ1) is 8.68. The quantitative estimate of drug-likeness (QED) is 0.626. The van der Waals surface area contributed by atoms with Crippen molar-refractivity contribution in [2.24, 2.45) is 0 Å². The average molecular weight is 259 g/mol. The van der Waals surface area contributed by atoms with E-state index in [1.54, 1.807) is 13.0 Å². The van der Waals surface area contributed by atoms with E-state index in [1.165, 1.54) is 12.4 Å². The molecule has 0 atom stereocenters. The van der Waals surface area contributed by atoms with Crippen LogP contribution in [-0.4, -0.2) is 15.8 Å². The first-order valence-corrected chi connectivity index (χ1v) is 5.81. The zero-order chi connectivity index (χ0) is 13.0. The van der Waals surface area contributed by atoms with E-state index >= 15 is 0 Å². The Morgan fingerprint density at radius 3 is 2.50 bits per heavy atom. The Bertz CT molecular complexity index is 594. The SMILES string of the molecule is C/C(=C\c1ccccc1)C(=O)c1nccnc1Cl. The Morgan fingerprint density at radius 1 is 1.17 bits per heavy atom. The zero-order valence-electron chi connectivity index (χ0n) is 9.80. The van der Waals surface area contributed by atoms with Crippen molar-refractivity contribution < 1.29 is 4.79 Å². The highest BCUT2D eigenvalue weighted by molar-refractivity contribution is 6.33. The van der Waals surface area contributed by atoms with Crippen LogP contribution < -0.4 is 0 Å². The highest BCUT2D eigenvalue weighted by Gasteiger charge is 2.14. The number of halogens is 1. The van der Waals surface area contributed by atoms with Crippen molar-refractivity contribution in [2.75, 3.05) is 0 Å². The van der Waals surface area contributed by atoms with Gasteiger partial charge in [-0.05, 0) is 24.1 Å². The van der Waals surface area contributed by atoms with Crippen molar-refractivity contribution in [3.05, 3.63) is 64.7 Å². The van der Waals surface area contributed by atoms with Crippen molar-refractivity contribution >= 4 is 23.5 Å². The van der Waals surface area contributed by atoms with E-state index < -0.39 is 0 Å². The van der Waals surface area contributed by atoms with Gasteiger partial charge in [0.25, 0.3) is 0 Å². The molecule has 90 valence electrons. The molecule has 0 bridgehead atoms. The molecular formula is C14H11ClN2O. The van der Waals surface area contributed by atoms with Gasteiger partial charge in [-0.1, -0.05) is 41.9 Å². The summed E-state index contributed by atoms with van der Waals surface area (Å²) in [6, 6.07) is 9.61. The molecule has 0 aliphatic rings. The third-order valence-electron chi connectivity index (χ3n) is 2.41. The lowest BCUT2D eigenvalue weighted by Gasteiger charge is -2.02. The lowest BCUT2D eigenvalue weighted by Crippen LogP contribution is -2.05. The fourth-order valence-electron chi connectivity index (χ4n) is 1.52. The van der Waals surface area contributed by atoms with E-state index in [9.17, 15) is 4.79 Å². The summed E-state index contributed by atoms with van der Waals surface area (Å²) in [6.07, 6.45) is 4.71. The molecule has 1 aromatic carbocycles. The summed E-state index contributed by atoms with van der Waals surface area (Å²) in [5.74, 6) is -0.211. The monoisotopic (exact) mass is 258 g/mol. The molecule has 2 aromatic rings. The van der Waals surface area contributed by atoms with Gasteiger partial charge in [-0.3, -0.25) is 4.79 Å². The number of benzene rings is 1. The van der Waals surface area contributed by atoms with Crippen molar-refractivity contribution in [1.82, 2.24) is 9.97 Å². The molecule has 18 heavy (non-hydrogen) atoms. The molecule has 1 aromatic heterocycles. The summed E-state index contributed by atoms with van der Waals surface area (Å²) in [4.78, 5) is 19.9. The zero-order valence-corrected chi connectivity index (χ0v) is 10.6. The molecule has 0 aliphatic carbocycles. The first kappa shape index (κ1) is 12.5. The molecule has 1 heterocycles. The molecule has 0 radical (unpaired) electrons. The predicted molar refractivity (Wildman–Crippen MR) is 71.5 cm³/mol. The van der Waals surface area contributed by atoms with Crippen LogP contribution in [-0.2, 0) is 0 Å². The van der Waals surface area contributed by atoms with E-state index in [2.05, 4.69) is 9.97 Å². The van der Waals surface area contributed by atoms with Gasteiger partial charge in [0, 0.05) is 12.4 Å². The number of aromatic nitrogens is 2. The molecule has 0 N–H and O–H groups in total. The Morgan fingerprint density at radius 2 is 1.83 bits per heavy atom. The van der Waals surface area contributed by atoms with E-state index in [-0.39, 0.29) is 16.6 Å². The summed E-state index contributed by atoms with van der Waals surface area (Å²) in [6.45, 7) is 1.74. The van der Waals surface area contributed by atoms with Crippen molar-refractivity contribution in [1.29, 1.82) is 0 Å². The lowest BCUT2D eigenvalue weighted by atomic mass is 10.1. The normalized spacial score (nSPS) is 11.3. The maximum Gasteiger partial charge on any atom is 0.210 e. The fourth-order valence-corrected chi connectivity index (χ4v) is 1.72. The predicted octanol–water partition coefficient (Wildman–Crippen LogP) is 3.42. The Balaban J connectivity index is 2.30. The molecular weight excluding hydrogens is 248 g/mol. The largest absolute Gasteiger partial charge is 0.287 e. The number of hydrogen-bond donors (Lipinski definition) is 0. The average Bonchev–Trinajstić information content (AvgIpc) is 2.39. The lowest BCUT2D eigenvalue weighted by molar-refractivity contribution is 0.103. The minimum Gasteiger partial charge on any atom is -0.287 e. The molecule has 0 saturated heterocycles. The molecule has 0 spiro atoms. The highest BCUT2D eigenvalue weighted by Crippen LogP contribution is 2.15. The molecule has 0 fully saturated rings. The van der Waals surface area contributed by atoms with E-state index in [1.807, 2.05) is 30.3 Å². The number of Topliss-reactive ketones (excluding diaryl/α,β-unsaturated/α-hetero) is 1. The molecule has 0 saturated carbocycles. The smallest absolute Gasteiger partial charge is 0.210 e. The summed E-state index contributed by atoms with van der Waals surface area (Å²) in [5.41, 5.74) is 1.72. The maximum atomic E-state index is 12.1. The van der Waals surface area contributed by atoms with Crippen LogP contribution in [0.2, 0.25) is 5.15 Å². The second kappa shape index (κ2) is 5.56. The number of ketones is 1. The minimum atomic E-state index is -0.211. The van der Waals surface area contributed by atoms with Gasteiger partial charge in [0.1, 0.15) is 5.69 Å². The number of carbonyl (C=O) groups is 1. The van der Waals surface area contributed by atoms with Gasteiger partial charge in [-0.2, -0.15) is 0 Å². The number of rotatable bonds is 3. The Kier molecular flexibility index (Phi) is 3.85. The topological polar surface area (TPSA) is 42.9 Å². The third-order valence-corrected chi connectivity index (χ3v) is 2.69. The maximum absolute atomic E-state index is 12.1. The molecule has 2 rings (SSSR count). The fraction of sp³-hybridized carbons (Fsp3) is 0.0714. The summed E-state index contributed by atoms with van der Waals surface area (Å²) in [7, 11) is 0. The summed E-state index contributed by atoms with van der Waals surface area (Å²) >= 11 is 5.84. The van der Waals surface area contributed by atoms with Crippen molar-refractivity contribution in [3.63, 3.8) is 0 Å². The summed E-state index contributed by atoms with van der Waals surface area (Å²) in [5, 5.41) is 0.128. The number of allylic oxidation sites excluding steroid dienone is 1. The van der Waals surface area contributed by atoms with Crippen LogP contribution in [0.25, 0.3) is 6.08 Å². The first-order valence-electron chi connectivity index (χ1n) is 5.43. The number of carbonyl (C=O) groups excluding carboxylic acids is 1. The van der Waals surface area contributed by atoms with Gasteiger partial charge in [0.05, 0.1) is 0 Å². The van der Waals surface area contributed by atoms with Crippen LogP contribution in [0, 0.1) is 0 Å². The second-order valence-corrected chi connectivity index (χ2v) is 4.12. The van der Waals surface area contributed by atoms with Crippen LogP contribution >= 0.6 is 11.6 Å². The molecule has 4 heteroatoms. The molecule has 3 nitrogen and oxygen atoms in total. The second-order valence-electron chi connectivity index (χ2n) is 3.76. The number of nitrogens with zero attached hydrogens (tertiary/aromatic N) is 2. The number of hydrogen-bond acceptors (Lipinski definition) is 3. The van der Waals surface area contributed by atoms with Gasteiger partial charge in [0.2, 0.25) is 5.78 Å². The van der Waals surface area contributed by atoms with E-state index in [0.717, 1.165) is 5.56 Å². The van der Waals surface area contributed by atoms with Gasteiger partial charge in [-0.15, -0.1) is 0 Å². The van der Waals surface area contributed by atoms with Crippen LogP contribution in [0.4, 0.5) is 0 Å². The van der Waals surface area contributed by atoms with Crippen LogP contribution in [0.5, 0.6) is 0 Å². The van der Waals surface area contributed by atoms with Gasteiger partial charge in [-0.25, -0.2) is 9.97 Å². The molecule has 0 unspecified atom stereocenters. The molecule has 0 amide bonds. The minimum absolute atomic E-state index is 0.128. The highest BCUT2D eigenvalue weighted by atomic mass is 35.5. The van der Waals surface area contributed by atoms with Gasteiger partial charge in [0.15, 0.2) is 5.15 Å². The summed E-state index contributed by atoms with van der Waals surface area (Å²) < 4.78 is 0. The third kappa shape index (κ3) is 2.81.